The van der Waals surface area contributed by atoms with Crippen LogP contribution in [-0.4, -0.2) is 30.5 Å². The Labute approximate surface area is 148 Å². The van der Waals surface area contributed by atoms with Crippen molar-refractivity contribution in [3.05, 3.63) is 29.8 Å². The molecule has 1 aromatic carbocycles. The van der Waals surface area contributed by atoms with E-state index >= 15 is 0 Å². The smallest absolute Gasteiger partial charge is 0.325 e. The van der Waals surface area contributed by atoms with Crippen molar-refractivity contribution < 1.29 is 9.53 Å². The molecule has 0 amide bonds. The van der Waals surface area contributed by atoms with Crippen molar-refractivity contribution in [1.82, 2.24) is 4.90 Å². The minimum Gasteiger partial charge on any atom is -0.425 e. The average molecular weight is 334 g/mol. The fourth-order valence-electron chi connectivity index (χ4n) is 2.80. The first-order chi connectivity index (χ1) is 11.7. The topological polar surface area (TPSA) is 29.5 Å². The number of nitrogens with zero attached hydrogens (tertiary/aromatic N) is 1. The van der Waals surface area contributed by atoms with Crippen molar-refractivity contribution in [1.29, 1.82) is 0 Å². The second-order valence-corrected chi connectivity index (χ2v) is 6.64. The van der Waals surface area contributed by atoms with E-state index in [1.807, 2.05) is 31.2 Å². The van der Waals surface area contributed by atoms with E-state index in [0.717, 1.165) is 18.7 Å². The van der Waals surface area contributed by atoms with Gasteiger partial charge in [-0.3, -0.25) is 9.69 Å². The standard InChI is InChI=1S/C21H35NO2/c1-4-6-8-12-16-22(17-13-9-7-5-2)18-21(23)24-20-15-11-10-14-19(20)3/h10-11,14-15H,4-9,12-13,16-18H2,1-3H3. The highest BCUT2D eigenvalue weighted by atomic mass is 16.5. The molecular weight excluding hydrogens is 298 g/mol. The van der Waals surface area contributed by atoms with Gasteiger partial charge in [0.1, 0.15) is 5.75 Å². The molecule has 0 saturated heterocycles. The van der Waals surface area contributed by atoms with Crippen molar-refractivity contribution >= 4 is 5.97 Å². The summed E-state index contributed by atoms with van der Waals surface area (Å²) in [6.07, 6.45) is 9.86. The largest absolute Gasteiger partial charge is 0.425 e. The van der Waals surface area contributed by atoms with Crippen molar-refractivity contribution in [3.8, 4) is 5.75 Å². The van der Waals surface area contributed by atoms with Gasteiger partial charge < -0.3 is 4.74 Å². The molecule has 136 valence electrons. The van der Waals surface area contributed by atoms with Gasteiger partial charge in [0.25, 0.3) is 0 Å². The van der Waals surface area contributed by atoms with E-state index in [1.54, 1.807) is 0 Å². The van der Waals surface area contributed by atoms with E-state index in [-0.39, 0.29) is 5.97 Å². The normalized spacial score (nSPS) is 11.0. The van der Waals surface area contributed by atoms with Gasteiger partial charge in [0.15, 0.2) is 0 Å². The van der Waals surface area contributed by atoms with Crippen LogP contribution >= 0.6 is 0 Å². The van der Waals surface area contributed by atoms with Crippen LogP contribution in [0.4, 0.5) is 0 Å². The first-order valence-corrected chi connectivity index (χ1v) is 9.66. The molecule has 0 bridgehead atoms. The quantitative estimate of drug-likeness (QED) is 0.276. The van der Waals surface area contributed by atoms with Crippen LogP contribution < -0.4 is 4.74 Å². The Kier molecular flexibility index (Phi) is 11.2. The lowest BCUT2D eigenvalue weighted by atomic mass is 10.1. The first kappa shape index (κ1) is 20.7. The third-order valence-corrected chi connectivity index (χ3v) is 4.33. The molecule has 0 aliphatic carbocycles. The van der Waals surface area contributed by atoms with Gasteiger partial charge >= 0.3 is 5.97 Å². The molecule has 1 rings (SSSR count). The Morgan fingerprint density at radius 1 is 0.917 bits per heavy atom. The molecule has 3 heteroatoms. The van der Waals surface area contributed by atoms with Gasteiger partial charge in [0.2, 0.25) is 0 Å². The van der Waals surface area contributed by atoms with Gasteiger partial charge in [0, 0.05) is 0 Å². The monoisotopic (exact) mass is 333 g/mol. The van der Waals surface area contributed by atoms with Crippen LogP contribution in [-0.2, 0) is 4.79 Å². The number of esters is 1. The molecule has 0 aliphatic rings. The van der Waals surface area contributed by atoms with E-state index in [1.165, 1.54) is 51.4 Å². The second-order valence-electron chi connectivity index (χ2n) is 6.64. The molecule has 0 spiro atoms. The number of carbonyl (C=O) groups excluding carboxylic acids is 1. The molecule has 0 saturated carbocycles. The lowest BCUT2D eigenvalue weighted by Crippen LogP contribution is -2.34. The number of rotatable bonds is 13. The number of hydrogen-bond donors (Lipinski definition) is 0. The highest BCUT2D eigenvalue weighted by Crippen LogP contribution is 2.16. The molecule has 0 atom stereocenters. The molecule has 0 aromatic heterocycles. The summed E-state index contributed by atoms with van der Waals surface area (Å²) < 4.78 is 5.55. The van der Waals surface area contributed by atoms with E-state index in [9.17, 15) is 4.79 Å². The Balaban J connectivity index is 2.45. The van der Waals surface area contributed by atoms with Crippen LogP contribution in [0.15, 0.2) is 24.3 Å². The van der Waals surface area contributed by atoms with Crippen LogP contribution in [0.5, 0.6) is 5.75 Å². The molecule has 0 heterocycles. The summed E-state index contributed by atoms with van der Waals surface area (Å²) in [6, 6.07) is 7.69. The maximum Gasteiger partial charge on any atom is 0.325 e. The van der Waals surface area contributed by atoms with Gasteiger partial charge in [-0.25, -0.2) is 0 Å². The summed E-state index contributed by atoms with van der Waals surface area (Å²) in [7, 11) is 0. The number of benzene rings is 1. The number of aryl methyl sites for hydroxylation is 1. The van der Waals surface area contributed by atoms with Crippen molar-refractivity contribution in [2.75, 3.05) is 19.6 Å². The fourth-order valence-corrected chi connectivity index (χ4v) is 2.80. The average Bonchev–Trinajstić information content (AvgIpc) is 2.57. The van der Waals surface area contributed by atoms with Crippen LogP contribution in [0.25, 0.3) is 0 Å². The summed E-state index contributed by atoms with van der Waals surface area (Å²) in [5.41, 5.74) is 1.00. The summed E-state index contributed by atoms with van der Waals surface area (Å²) in [4.78, 5) is 14.6. The zero-order chi connectivity index (χ0) is 17.6. The van der Waals surface area contributed by atoms with Crippen LogP contribution in [0.3, 0.4) is 0 Å². The molecule has 0 unspecified atom stereocenters. The van der Waals surface area contributed by atoms with Gasteiger partial charge in [-0.1, -0.05) is 70.6 Å². The number of hydrogen-bond acceptors (Lipinski definition) is 3. The summed E-state index contributed by atoms with van der Waals surface area (Å²) in [6.45, 7) is 8.80. The predicted octanol–water partition coefficient (Wildman–Crippen LogP) is 5.36. The number of unbranched alkanes of at least 4 members (excludes halogenated alkanes) is 6. The van der Waals surface area contributed by atoms with Gasteiger partial charge in [-0.05, 0) is 44.5 Å². The Morgan fingerprint density at radius 2 is 1.50 bits per heavy atom. The minimum atomic E-state index is -0.143. The fraction of sp³-hybridized carbons (Fsp3) is 0.667. The second kappa shape index (κ2) is 13.0. The predicted molar refractivity (Wildman–Crippen MR) is 102 cm³/mol. The highest BCUT2D eigenvalue weighted by Gasteiger charge is 2.13. The summed E-state index contributed by atoms with van der Waals surface area (Å²) >= 11 is 0. The molecule has 0 N–H and O–H groups in total. The molecule has 3 nitrogen and oxygen atoms in total. The van der Waals surface area contributed by atoms with E-state index in [2.05, 4.69) is 18.7 Å². The SMILES string of the molecule is CCCCCCN(CCCCCC)CC(=O)Oc1ccccc1C. The number of para-hydroxylation sites is 1. The summed E-state index contributed by atoms with van der Waals surface area (Å²) in [5.74, 6) is 0.537. The van der Waals surface area contributed by atoms with E-state index in [4.69, 9.17) is 4.74 Å². The van der Waals surface area contributed by atoms with Crippen LogP contribution in [0.2, 0.25) is 0 Å². The third-order valence-electron chi connectivity index (χ3n) is 4.33. The Bertz CT molecular complexity index is 447. The van der Waals surface area contributed by atoms with E-state index < -0.39 is 0 Å². The molecule has 0 fully saturated rings. The van der Waals surface area contributed by atoms with Crippen molar-refractivity contribution in [2.45, 2.75) is 72.1 Å². The van der Waals surface area contributed by atoms with Crippen LogP contribution in [0.1, 0.15) is 70.8 Å². The van der Waals surface area contributed by atoms with Gasteiger partial charge in [-0.2, -0.15) is 0 Å². The molecular formula is C21H35NO2. The first-order valence-electron chi connectivity index (χ1n) is 9.66. The Hall–Kier alpha value is -1.35. The highest BCUT2D eigenvalue weighted by molar-refractivity contribution is 5.74. The molecule has 0 radical (unpaired) electrons. The van der Waals surface area contributed by atoms with E-state index in [0.29, 0.717) is 12.3 Å². The molecule has 24 heavy (non-hydrogen) atoms. The lowest BCUT2D eigenvalue weighted by molar-refractivity contribution is -0.135. The number of ether oxygens (including phenoxy) is 1. The maximum absolute atomic E-state index is 12.3. The van der Waals surface area contributed by atoms with Crippen molar-refractivity contribution in [3.63, 3.8) is 0 Å². The van der Waals surface area contributed by atoms with Crippen molar-refractivity contribution in [2.24, 2.45) is 0 Å². The lowest BCUT2D eigenvalue weighted by Gasteiger charge is -2.21. The number of carbonyl (C=O) groups is 1. The van der Waals surface area contributed by atoms with Crippen LogP contribution in [0, 0.1) is 6.92 Å². The zero-order valence-electron chi connectivity index (χ0n) is 15.9. The zero-order valence-corrected chi connectivity index (χ0v) is 15.9. The Morgan fingerprint density at radius 3 is 2.04 bits per heavy atom. The molecule has 0 aliphatic heterocycles. The third kappa shape index (κ3) is 9.07. The maximum atomic E-state index is 12.3. The van der Waals surface area contributed by atoms with Gasteiger partial charge in [0.05, 0.1) is 6.54 Å². The minimum absolute atomic E-state index is 0.143. The summed E-state index contributed by atoms with van der Waals surface area (Å²) in [5, 5.41) is 0. The van der Waals surface area contributed by atoms with Gasteiger partial charge in [-0.15, -0.1) is 0 Å². The molecule has 1 aromatic rings.